The van der Waals surface area contributed by atoms with Gasteiger partial charge in [0.1, 0.15) is 32.3 Å². The van der Waals surface area contributed by atoms with E-state index in [0.717, 1.165) is 0 Å². The van der Waals surface area contributed by atoms with Crippen LogP contribution in [0.3, 0.4) is 0 Å². The monoisotopic (exact) mass is 738 g/mol. The molecular formula is C48H50Si4. The maximum Gasteiger partial charge on any atom is 0.113 e. The van der Waals surface area contributed by atoms with Crippen molar-refractivity contribution < 1.29 is 0 Å². The molecule has 0 saturated carbocycles. The van der Waals surface area contributed by atoms with Gasteiger partial charge in [0.25, 0.3) is 0 Å². The molecule has 8 aromatic carbocycles. The molecule has 0 aromatic heterocycles. The van der Waals surface area contributed by atoms with Crippen LogP contribution in [0.5, 0.6) is 0 Å². The van der Waals surface area contributed by atoms with Gasteiger partial charge in [0, 0.05) is 0 Å². The SMILES string of the molecule is C[Si](C)(c1ccccc1)c1cc([Si](C)(C)c2ccccc2)c2ccc3c([Si](C)(C)c4ccccc4)cc([Si](C)(C)c4ccccc4)c4ccc1c2c43. The number of benzene rings is 8. The van der Waals surface area contributed by atoms with Crippen molar-refractivity contribution in [2.45, 2.75) is 52.4 Å². The van der Waals surface area contributed by atoms with Crippen LogP contribution in [0.2, 0.25) is 52.4 Å². The average molecular weight is 739 g/mol. The molecule has 0 spiro atoms. The van der Waals surface area contributed by atoms with E-state index in [0.29, 0.717) is 0 Å². The molecule has 0 heterocycles. The third-order valence-electron chi connectivity index (χ3n) is 12.6. The summed E-state index contributed by atoms with van der Waals surface area (Å²) < 4.78 is 0. The molecule has 8 aromatic rings. The quantitative estimate of drug-likeness (QED) is 0.110. The fraction of sp³-hybridized carbons (Fsp3) is 0.167. The lowest BCUT2D eigenvalue weighted by Crippen LogP contribution is -2.59. The molecule has 0 N–H and O–H groups in total. The van der Waals surface area contributed by atoms with E-state index in [4.69, 9.17) is 0 Å². The smallest absolute Gasteiger partial charge is 0.0626 e. The first kappa shape index (κ1) is 34.7. The maximum atomic E-state index is 2.69. The van der Waals surface area contributed by atoms with Gasteiger partial charge < -0.3 is 0 Å². The second kappa shape index (κ2) is 12.7. The Morgan fingerprint density at radius 1 is 0.250 bits per heavy atom. The van der Waals surface area contributed by atoms with Crippen LogP contribution in [0.15, 0.2) is 158 Å². The van der Waals surface area contributed by atoms with Crippen LogP contribution in [-0.2, 0) is 0 Å². The predicted octanol–water partition coefficient (Wildman–Crippen LogP) is 7.87. The Kier molecular flexibility index (Phi) is 8.46. The summed E-state index contributed by atoms with van der Waals surface area (Å²) in [5.41, 5.74) is 0. The summed E-state index contributed by atoms with van der Waals surface area (Å²) in [5.74, 6) is 0. The summed E-state index contributed by atoms with van der Waals surface area (Å²) in [7, 11) is -8.50. The minimum Gasteiger partial charge on any atom is -0.0626 e. The van der Waals surface area contributed by atoms with Crippen molar-refractivity contribution in [1.82, 2.24) is 0 Å². The van der Waals surface area contributed by atoms with Crippen molar-refractivity contribution in [1.29, 1.82) is 0 Å². The Labute approximate surface area is 314 Å². The summed E-state index contributed by atoms with van der Waals surface area (Å²) >= 11 is 0. The molecule has 4 heteroatoms. The van der Waals surface area contributed by atoms with Crippen LogP contribution in [0.4, 0.5) is 0 Å². The van der Waals surface area contributed by atoms with Crippen LogP contribution in [-0.4, -0.2) is 32.3 Å². The van der Waals surface area contributed by atoms with Crippen molar-refractivity contribution in [3.05, 3.63) is 158 Å². The summed E-state index contributed by atoms with van der Waals surface area (Å²) in [6.07, 6.45) is 0. The van der Waals surface area contributed by atoms with Crippen molar-refractivity contribution in [2.24, 2.45) is 0 Å². The lowest BCUT2D eigenvalue weighted by Gasteiger charge is -2.34. The Balaban J connectivity index is 1.57. The first-order chi connectivity index (χ1) is 24.8. The molecule has 258 valence electrons. The molecule has 0 bridgehead atoms. The fourth-order valence-electron chi connectivity index (χ4n) is 9.10. The molecule has 0 fully saturated rings. The summed E-state index contributed by atoms with van der Waals surface area (Å²) in [5, 5.41) is 21.1. The minimum absolute atomic E-state index is 1.46. The zero-order chi connectivity index (χ0) is 36.5. The molecule has 0 radical (unpaired) electrons. The molecule has 0 aliphatic carbocycles. The molecule has 0 amide bonds. The van der Waals surface area contributed by atoms with Gasteiger partial charge in [0.15, 0.2) is 0 Å². The first-order valence-electron chi connectivity index (χ1n) is 18.9. The zero-order valence-corrected chi connectivity index (χ0v) is 36.0. The summed E-state index contributed by atoms with van der Waals surface area (Å²) in [6, 6.07) is 61.0. The van der Waals surface area contributed by atoms with Gasteiger partial charge in [-0.3, -0.25) is 0 Å². The van der Waals surface area contributed by atoms with Crippen LogP contribution in [0.1, 0.15) is 0 Å². The molecule has 0 aliphatic rings. The summed E-state index contributed by atoms with van der Waals surface area (Å²) in [4.78, 5) is 0. The summed E-state index contributed by atoms with van der Waals surface area (Å²) in [6.45, 7) is 20.6. The van der Waals surface area contributed by atoms with Gasteiger partial charge in [-0.15, -0.1) is 0 Å². The molecular weight excluding hydrogens is 689 g/mol. The maximum absolute atomic E-state index is 2.69. The predicted molar refractivity (Wildman–Crippen MR) is 243 cm³/mol. The minimum atomic E-state index is -2.12. The van der Waals surface area contributed by atoms with Crippen LogP contribution in [0, 0.1) is 0 Å². The third-order valence-corrected chi connectivity index (χ3v) is 26.7. The molecule has 0 atom stereocenters. The van der Waals surface area contributed by atoms with Crippen LogP contribution < -0.4 is 41.5 Å². The van der Waals surface area contributed by atoms with E-state index in [1.807, 2.05) is 0 Å². The first-order valence-corrected chi connectivity index (χ1v) is 30.9. The molecule has 8 rings (SSSR count). The standard InChI is InChI=1S/C48H50Si4/c1-49(2,35-21-13-9-14-22-35)43-33-44(50(3,4)36-23-15-10-16-24-36)40-31-32-42-46(52(7,8)38-27-19-12-20-28-38)34-45(41-30-29-39(43)47(40)48(41)42)51(5,6)37-25-17-11-18-26-37/h9-34H,1-8H3. The van der Waals surface area contributed by atoms with E-state index in [2.05, 4.69) is 210 Å². The van der Waals surface area contributed by atoms with Gasteiger partial charge in [-0.05, 0) is 53.1 Å². The topological polar surface area (TPSA) is 0 Å². The largest absolute Gasteiger partial charge is 0.113 e. The van der Waals surface area contributed by atoms with Gasteiger partial charge in [-0.25, -0.2) is 0 Å². The Bertz CT molecular complexity index is 2180. The third kappa shape index (κ3) is 5.42. The van der Waals surface area contributed by atoms with Crippen LogP contribution >= 0.6 is 0 Å². The Morgan fingerprint density at radius 3 is 0.635 bits per heavy atom. The Morgan fingerprint density at radius 2 is 0.442 bits per heavy atom. The van der Waals surface area contributed by atoms with Crippen molar-refractivity contribution in [2.75, 3.05) is 0 Å². The van der Waals surface area contributed by atoms with E-state index in [-0.39, 0.29) is 0 Å². The van der Waals surface area contributed by atoms with Gasteiger partial charge in [0.2, 0.25) is 0 Å². The number of hydrogen-bond donors (Lipinski definition) is 0. The highest BCUT2D eigenvalue weighted by Gasteiger charge is 2.38. The molecule has 0 nitrogen and oxygen atoms in total. The van der Waals surface area contributed by atoms with Gasteiger partial charge in [0.05, 0.1) is 0 Å². The zero-order valence-electron chi connectivity index (χ0n) is 32.0. The second-order valence-corrected chi connectivity index (χ2v) is 34.4. The van der Waals surface area contributed by atoms with Crippen molar-refractivity contribution >= 4 is 106 Å². The van der Waals surface area contributed by atoms with Gasteiger partial charge in [-0.1, -0.05) is 231 Å². The van der Waals surface area contributed by atoms with E-state index in [9.17, 15) is 0 Å². The fourth-order valence-corrected chi connectivity index (χ4v) is 20.3. The highest BCUT2D eigenvalue weighted by molar-refractivity contribution is 7.06. The molecule has 0 saturated heterocycles. The second-order valence-electron chi connectivity index (χ2n) is 17.0. The highest BCUT2D eigenvalue weighted by atomic mass is 28.3. The van der Waals surface area contributed by atoms with Crippen molar-refractivity contribution in [3.8, 4) is 0 Å². The van der Waals surface area contributed by atoms with Gasteiger partial charge in [-0.2, -0.15) is 0 Å². The van der Waals surface area contributed by atoms with E-state index < -0.39 is 32.3 Å². The molecule has 0 aliphatic heterocycles. The van der Waals surface area contributed by atoms with E-state index in [1.54, 1.807) is 20.7 Å². The average Bonchev–Trinajstić information content (AvgIpc) is 3.17. The lowest BCUT2D eigenvalue weighted by atomic mass is 9.94. The highest BCUT2D eigenvalue weighted by Crippen LogP contribution is 2.35. The molecule has 0 unspecified atom stereocenters. The van der Waals surface area contributed by atoms with Crippen molar-refractivity contribution in [3.63, 3.8) is 0 Å². The van der Waals surface area contributed by atoms with E-state index in [1.165, 1.54) is 53.1 Å². The number of hydrogen-bond acceptors (Lipinski definition) is 0. The Hall–Kier alpha value is -4.33. The normalized spacial score (nSPS) is 13.0. The van der Waals surface area contributed by atoms with E-state index >= 15 is 0 Å². The lowest BCUT2D eigenvalue weighted by molar-refractivity contribution is 1.68. The molecule has 52 heavy (non-hydrogen) atoms. The van der Waals surface area contributed by atoms with Gasteiger partial charge >= 0.3 is 0 Å². The number of rotatable bonds is 8. The van der Waals surface area contributed by atoms with Crippen LogP contribution in [0.25, 0.3) is 32.3 Å².